The fraction of sp³-hybridized carbons (Fsp3) is 0.500. The van der Waals surface area contributed by atoms with Crippen LogP contribution in [0.1, 0.15) is 19.8 Å². The minimum absolute atomic E-state index is 0.111. The Morgan fingerprint density at radius 1 is 1.42 bits per heavy atom. The molecule has 0 spiro atoms. The molecule has 0 aliphatic carbocycles. The van der Waals surface area contributed by atoms with Crippen molar-refractivity contribution in [3.63, 3.8) is 0 Å². The van der Waals surface area contributed by atoms with Crippen molar-refractivity contribution >= 4 is 23.4 Å². The third-order valence-corrected chi connectivity index (χ3v) is 4.23. The Balaban J connectivity index is 2.10. The molecule has 0 unspecified atom stereocenters. The van der Waals surface area contributed by atoms with Gasteiger partial charge >= 0.3 is 0 Å². The number of nitrogens with one attached hydrogen (secondary N) is 1. The minimum Gasteiger partial charge on any atom is -0.381 e. The van der Waals surface area contributed by atoms with Gasteiger partial charge in [-0.25, -0.2) is 0 Å². The largest absolute Gasteiger partial charge is 0.381 e. The third kappa shape index (κ3) is 3.49. The predicted octanol–water partition coefficient (Wildman–Crippen LogP) is 2.24. The lowest BCUT2D eigenvalue weighted by Gasteiger charge is -2.32. The summed E-state index contributed by atoms with van der Waals surface area (Å²) in [6.07, 6.45) is 1.14. The molecular formula is C14H20N2O2S. The lowest BCUT2D eigenvalue weighted by Crippen LogP contribution is -2.54. The standard InChI is InChI=1S/C14H20N2O2S/c1-2-19-12-6-4-3-5-11(12)16-13(17)14(15)7-9-18-10-8-14/h3-6H,2,7-10,15H2,1H3,(H,16,17). The molecule has 5 heteroatoms. The number of amides is 1. The SMILES string of the molecule is CCSc1ccccc1NC(=O)C1(N)CCOCC1. The summed E-state index contributed by atoms with van der Waals surface area (Å²) >= 11 is 1.71. The van der Waals surface area contributed by atoms with Crippen LogP contribution in [0.3, 0.4) is 0 Å². The summed E-state index contributed by atoms with van der Waals surface area (Å²) in [5.74, 6) is 0.856. The molecule has 19 heavy (non-hydrogen) atoms. The molecule has 0 bridgehead atoms. The second-order valence-corrected chi connectivity index (χ2v) is 5.96. The van der Waals surface area contributed by atoms with Crippen LogP contribution in [0.4, 0.5) is 5.69 Å². The van der Waals surface area contributed by atoms with Crippen LogP contribution in [0.25, 0.3) is 0 Å². The average molecular weight is 280 g/mol. The number of ether oxygens (including phenoxy) is 1. The molecule has 4 nitrogen and oxygen atoms in total. The first-order chi connectivity index (χ1) is 9.15. The van der Waals surface area contributed by atoms with Crippen molar-refractivity contribution in [1.82, 2.24) is 0 Å². The fourth-order valence-electron chi connectivity index (χ4n) is 2.06. The highest BCUT2D eigenvalue weighted by Gasteiger charge is 2.36. The first-order valence-electron chi connectivity index (χ1n) is 6.55. The lowest BCUT2D eigenvalue weighted by molar-refractivity contribution is -0.124. The Hall–Kier alpha value is -1.04. The zero-order chi connectivity index (χ0) is 13.7. The van der Waals surface area contributed by atoms with Crippen molar-refractivity contribution in [2.45, 2.75) is 30.2 Å². The smallest absolute Gasteiger partial charge is 0.244 e. The van der Waals surface area contributed by atoms with Crippen molar-refractivity contribution in [2.75, 3.05) is 24.3 Å². The summed E-state index contributed by atoms with van der Waals surface area (Å²) in [4.78, 5) is 13.4. The lowest BCUT2D eigenvalue weighted by atomic mass is 9.90. The number of hydrogen-bond donors (Lipinski definition) is 2. The predicted molar refractivity (Wildman–Crippen MR) is 78.4 cm³/mol. The Morgan fingerprint density at radius 3 is 2.79 bits per heavy atom. The van der Waals surface area contributed by atoms with E-state index in [2.05, 4.69) is 12.2 Å². The second-order valence-electron chi connectivity index (χ2n) is 4.65. The Labute approximate surface area is 118 Å². The number of carbonyl (C=O) groups is 1. The van der Waals surface area contributed by atoms with Crippen LogP contribution in [0.2, 0.25) is 0 Å². The van der Waals surface area contributed by atoms with Gasteiger partial charge in [0.1, 0.15) is 5.54 Å². The maximum atomic E-state index is 12.3. The molecule has 0 saturated carbocycles. The maximum absolute atomic E-state index is 12.3. The fourth-order valence-corrected chi connectivity index (χ4v) is 2.82. The van der Waals surface area contributed by atoms with Crippen LogP contribution >= 0.6 is 11.8 Å². The number of para-hydroxylation sites is 1. The first kappa shape index (κ1) is 14.4. The molecule has 1 aromatic rings. The van der Waals surface area contributed by atoms with Gasteiger partial charge in [-0.3, -0.25) is 4.79 Å². The van der Waals surface area contributed by atoms with Gasteiger partial charge in [-0.1, -0.05) is 19.1 Å². The van der Waals surface area contributed by atoms with E-state index in [0.717, 1.165) is 16.3 Å². The monoisotopic (exact) mass is 280 g/mol. The summed E-state index contributed by atoms with van der Waals surface area (Å²) in [7, 11) is 0. The molecule has 2 rings (SSSR count). The molecule has 0 radical (unpaired) electrons. The quantitative estimate of drug-likeness (QED) is 0.830. The summed E-state index contributed by atoms with van der Waals surface area (Å²) in [6.45, 7) is 3.19. The summed E-state index contributed by atoms with van der Waals surface area (Å²) in [6, 6.07) is 7.82. The molecule has 1 saturated heterocycles. The molecule has 1 heterocycles. The van der Waals surface area contributed by atoms with Gasteiger partial charge in [0.25, 0.3) is 0 Å². The van der Waals surface area contributed by atoms with Gasteiger partial charge in [0.05, 0.1) is 5.69 Å². The zero-order valence-electron chi connectivity index (χ0n) is 11.1. The highest BCUT2D eigenvalue weighted by Crippen LogP contribution is 2.28. The Bertz CT molecular complexity index is 445. The van der Waals surface area contributed by atoms with Crippen LogP contribution in [-0.4, -0.2) is 30.4 Å². The molecule has 1 aliphatic heterocycles. The number of carbonyl (C=O) groups excluding carboxylic acids is 1. The molecule has 1 amide bonds. The van der Waals surface area contributed by atoms with E-state index in [0.29, 0.717) is 26.1 Å². The van der Waals surface area contributed by atoms with Gasteiger partial charge in [0, 0.05) is 18.1 Å². The number of benzene rings is 1. The van der Waals surface area contributed by atoms with E-state index in [1.54, 1.807) is 11.8 Å². The van der Waals surface area contributed by atoms with Gasteiger partial charge in [-0.05, 0) is 30.7 Å². The molecule has 104 valence electrons. The molecular weight excluding hydrogens is 260 g/mol. The highest BCUT2D eigenvalue weighted by molar-refractivity contribution is 7.99. The maximum Gasteiger partial charge on any atom is 0.244 e. The number of hydrogen-bond acceptors (Lipinski definition) is 4. The summed E-state index contributed by atoms with van der Waals surface area (Å²) in [5, 5.41) is 2.97. The molecule has 1 aliphatic rings. The van der Waals surface area contributed by atoms with Crippen LogP contribution in [0.15, 0.2) is 29.2 Å². The zero-order valence-corrected chi connectivity index (χ0v) is 12.0. The normalized spacial score (nSPS) is 18.0. The van der Waals surface area contributed by atoms with Crippen LogP contribution in [0, 0.1) is 0 Å². The Kier molecular flexibility index (Phi) is 4.85. The van der Waals surface area contributed by atoms with Crippen molar-refractivity contribution in [1.29, 1.82) is 0 Å². The van der Waals surface area contributed by atoms with Gasteiger partial charge in [-0.15, -0.1) is 11.8 Å². The highest BCUT2D eigenvalue weighted by atomic mass is 32.2. The van der Waals surface area contributed by atoms with E-state index in [1.807, 2.05) is 24.3 Å². The van der Waals surface area contributed by atoms with E-state index in [-0.39, 0.29) is 5.91 Å². The second kappa shape index (κ2) is 6.41. The van der Waals surface area contributed by atoms with E-state index in [1.165, 1.54) is 0 Å². The van der Waals surface area contributed by atoms with E-state index in [4.69, 9.17) is 10.5 Å². The van der Waals surface area contributed by atoms with Gasteiger partial charge < -0.3 is 15.8 Å². The number of rotatable bonds is 4. The van der Waals surface area contributed by atoms with Gasteiger partial charge in [0.15, 0.2) is 0 Å². The summed E-state index contributed by atoms with van der Waals surface area (Å²) in [5.41, 5.74) is 6.22. The summed E-state index contributed by atoms with van der Waals surface area (Å²) < 4.78 is 5.26. The van der Waals surface area contributed by atoms with E-state index < -0.39 is 5.54 Å². The molecule has 1 aromatic carbocycles. The third-order valence-electron chi connectivity index (χ3n) is 3.27. The minimum atomic E-state index is -0.803. The molecule has 1 fully saturated rings. The number of nitrogens with two attached hydrogens (primary N) is 1. The topological polar surface area (TPSA) is 64.4 Å². The van der Waals surface area contributed by atoms with Crippen LogP contribution in [0.5, 0.6) is 0 Å². The number of anilines is 1. The number of thioether (sulfide) groups is 1. The van der Waals surface area contributed by atoms with Crippen molar-refractivity contribution in [2.24, 2.45) is 5.73 Å². The van der Waals surface area contributed by atoms with Crippen molar-refractivity contribution in [3.8, 4) is 0 Å². The van der Waals surface area contributed by atoms with Gasteiger partial charge in [0.2, 0.25) is 5.91 Å². The van der Waals surface area contributed by atoms with Crippen molar-refractivity contribution < 1.29 is 9.53 Å². The van der Waals surface area contributed by atoms with E-state index in [9.17, 15) is 4.79 Å². The molecule has 0 aromatic heterocycles. The molecule has 0 atom stereocenters. The van der Waals surface area contributed by atoms with Crippen LogP contribution in [-0.2, 0) is 9.53 Å². The van der Waals surface area contributed by atoms with Gasteiger partial charge in [-0.2, -0.15) is 0 Å². The average Bonchev–Trinajstić information content (AvgIpc) is 2.42. The molecule has 3 N–H and O–H groups in total. The van der Waals surface area contributed by atoms with E-state index >= 15 is 0 Å². The first-order valence-corrected chi connectivity index (χ1v) is 7.54. The van der Waals surface area contributed by atoms with Crippen LogP contribution < -0.4 is 11.1 Å². The van der Waals surface area contributed by atoms with Crippen molar-refractivity contribution in [3.05, 3.63) is 24.3 Å². The Morgan fingerprint density at radius 2 is 2.11 bits per heavy atom.